The van der Waals surface area contributed by atoms with Crippen LogP contribution in [0.25, 0.3) is 0 Å². The number of amides is 2. The van der Waals surface area contributed by atoms with E-state index in [1.807, 2.05) is 0 Å². The van der Waals surface area contributed by atoms with Gasteiger partial charge in [-0.15, -0.1) is 6.58 Å². The Morgan fingerprint density at radius 1 is 1.43 bits per heavy atom. The largest absolute Gasteiger partial charge is 0.274 e. The Kier molecular flexibility index (Phi) is 3.69. The molecule has 108 valence electrons. The monoisotopic (exact) mass is 282 g/mol. The molecular weight excluding hydrogens is 264 g/mol. The number of nitriles is 1. The molecule has 0 radical (unpaired) electrons. The minimum Gasteiger partial charge on any atom is -0.274 e. The Labute approximate surface area is 124 Å². The van der Waals surface area contributed by atoms with E-state index in [-0.39, 0.29) is 11.8 Å². The van der Waals surface area contributed by atoms with Crippen LogP contribution in [0.5, 0.6) is 0 Å². The van der Waals surface area contributed by atoms with Gasteiger partial charge in [0.15, 0.2) is 0 Å². The second kappa shape index (κ2) is 5.17. The standard InChI is InChI=1S/C17H18N2O2/c1-5-6-14-15(20)19(16(21)17(14,3)4)13-8-7-12(10-18)11(2)9-13/h5,7-9,14H,1,6H2,2-4H3. The Morgan fingerprint density at radius 2 is 2.10 bits per heavy atom. The van der Waals surface area contributed by atoms with Crippen molar-refractivity contribution in [1.82, 2.24) is 0 Å². The molecule has 21 heavy (non-hydrogen) atoms. The Balaban J connectivity index is 2.47. The molecule has 1 aliphatic rings. The summed E-state index contributed by atoms with van der Waals surface area (Å²) in [6.45, 7) is 9.04. The Bertz CT molecular complexity index is 668. The molecule has 0 saturated carbocycles. The topological polar surface area (TPSA) is 61.2 Å². The number of anilines is 1. The van der Waals surface area contributed by atoms with E-state index < -0.39 is 11.3 Å². The van der Waals surface area contributed by atoms with Crippen molar-refractivity contribution in [2.24, 2.45) is 11.3 Å². The van der Waals surface area contributed by atoms with Crippen molar-refractivity contribution in [1.29, 1.82) is 5.26 Å². The number of rotatable bonds is 3. The average Bonchev–Trinajstić information content (AvgIpc) is 2.60. The van der Waals surface area contributed by atoms with Crippen LogP contribution in [0.2, 0.25) is 0 Å². The molecule has 0 spiro atoms. The van der Waals surface area contributed by atoms with Gasteiger partial charge in [-0.3, -0.25) is 9.59 Å². The number of hydrogen-bond acceptors (Lipinski definition) is 3. The predicted molar refractivity (Wildman–Crippen MR) is 80.5 cm³/mol. The van der Waals surface area contributed by atoms with Gasteiger partial charge in [-0.05, 0) is 37.1 Å². The third kappa shape index (κ3) is 2.25. The molecule has 2 amide bonds. The van der Waals surface area contributed by atoms with Crippen molar-refractivity contribution in [2.75, 3.05) is 4.90 Å². The van der Waals surface area contributed by atoms with Crippen molar-refractivity contribution < 1.29 is 9.59 Å². The molecule has 0 aromatic heterocycles. The second-order valence-corrected chi connectivity index (χ2v) is 5.89. The first kappa shape index (κ1) is 15.0. The highest BCUT2D eigenvalue weighted by atomic mass is 16.2. The molecule has 1 aliphatic heterocycles. The van der Waals surface area contributed by atoms with Crippen LogP contribution in [0, 0.1) is 29.6 Å². The predicted octanol–water partition coefficient (Wildman–Crippen LogP) is 2.96. The fourth-order valence-corrected chi connectivity index (χ4v) is 2.72. The minimum absolute atomic E-state index is 0.200. The maximum atomic E-state index is 12.6. The number of allylic oxidation sites excluding steroid dienone is 1. The lowest BCUT2D eigenvalue weighted by Gasteiger charge is -2.20. The van der Waals surface area contributed by atoms with Crippen LogP contribution < -0.4 is 4.90 Å². The van der Waals surface area contributed by atoms with Crippen LogP contribution in [0.3, 0.4) is 0 Å². The fraction of sp³-hybridized carbons (Fsp3) is 0.353. The summed E-state index contributed by atoms with van der Waals surface area (Å²) >= 11 is 0. The number of benzene rings is 1. The lowest BCUT2D eigenvalue weighted by atomic mass is 9.79. The lowest BCUT2D eigenvalue weighted by molar-refractivity contribution is -0.125. The quantitative estimate of drug-likeness (QED) is 0.632. The highest BCUT2D eigenvalue weighted by molar-refractivity contribution is 6.23. The van der Waals surface area contributed by atoms with Crippen LogP contribution >= 0.6 is 0 Å². The van der Waals surface area contributed by atoms with Gasteiger partial charge in [0, 0.05) is 0 Å². The first-order valence-electron chi connectivity index (χ1n) is 6.84. The van der Waals surface area contributed by atoms with Gasteiger partial charge < -0.3 is 0 Å². The first-order chi connectivity index (χ1) is 9.84. The molecule has 1 atom stereocenters. The van der Waals surface area contributed by atoms with Gasteiger partial charge in [0.2, 0.25) is 11.8 Å². The van der Waals surface area contributed by atoms with Gasteiger partial charge in [-0.25, -0.2) is 4.90 Å². The van der Waals surface area contributed by atoms with Crippen molar-refractivity contribution >= 4 is 17.5 Å². The highest BCUT2D eigenvalue weighted by Crippen LogP contribution is 2.42. The van der Waals surface area contributed by atoms with Gasteiger partial charge >= 0.3 is 0 Å². The summed E-state index contributed by atoms with van der Waals surface area (Å²) in [4.78, 5) is 26.4. The van der Waals surface area contributed by atoms with Gasteiger partial charge in [0.1, 0.15) is 0 Å². The molecule has 1 heterocycles. The maximum absolute atomic E-state index is 12.6. The molecule has 0 aliphatic carbocycles. The van der Waals surface area contributed by atoms with Gasteiger partial charge in [-0.2, -0.15) is 5.26 Å². The number of aryl methyl sites for hydroxylation is 1. The van der Waals surface area contributed by atoms with E-state index in [4.69, 9.17) is 5.26 Å². The molecule has 1 fully saturated rings. The van der Waals surface area contributed by atoms with Crippen LogP contribution in [-0.4, -0.2) is 11.8 Å². The summed E-state index contributed by atoms with van der Waals surface area (Å²) < 4.78 is 0. The Hall–Kier alpha value is -2.41. The number of carbonyl (C=O) groups is 2. The molecule has 0 bridgehead atoms. The zero-order valence-electron chi connectivity index (χ0n) is 12.5. The van der Waals surface area contributed by atoms with E-state index in [9.17, 15) is 9.59 Å². The van der Waals surface area contributed by atoms with Crippen LogP contribution in [0.15, 0.2) is 30.9 Å². The van der Waals surface area contributed by atoms with E-state index in [0.29, 0.717) is 17.7 Å². The van der Waals surface area contributed by atoms with E-state index in [1.165, 1.54) is 4.90 Å². The molecule has 4 heteroatoms. The zero-order valence-corrected chi connectivity index (χ0v) is 12.5. The minimum atomic E-state index is -0.743. The molecule has 4 nitrogen and oxygen atoms in total. The summed E-state index contributed by atoms with van der Waals surface area (Å²) in [6.07, 6.45) is 2.15. The van der Waals surface area contributed by atoms with Crippen molar-refractivity contribution in [2.45, 2.75) is 27.2 Å². The first-order valence-corrected chi connectivity index (χ1v) is 6.84. The third-order valence-corrected chi connectivity index (χ3v) is 4.13. The molecule has 1 aromatic carbocycles. The van der Waals surface area contributed by atoms with Gasteiger partial charge in [0.05, 0.1) is 28.7 Å². The lowest BCUT2D eigenvalue weighted by Crippen LogP contribution is -2.33. The normalized spacial score (nSPS) is 20.5. The number of nitrogens with zero attached hydrogens (tertiary/aromatic N) is 2. The highest BCUT2D eigenvalue weighted by Gasteiger charge is 2.53. The maximum Gasteiger partial charge on any atom is 0.240 e. The molecule has 1 aromatic rings. The van der Waals surface area contributed by atoms with Crippen molar-refractivity contribution in [3.63, 3.8) is 0 Å². The van der Waals surface area contributed by atoms with E-state index >= 15 is 0 Å². The molecule has 0 N–H and O–H groups in total. The van der Waals surface area contributed by atoms with E-state index in [0.717, 1.165) is 5.56 Å². The molecule has 1 unspecified atom stereocenters. The van der Waals surface area contributed by atoms with E-state index in [1.54, 1.807) is 45.0 Å². The summed E-state index contributed by atoms with van der Waals surface area (Å²) in [6, 6.07) is 7.07. The fourth-order valence-electron chi connectivity index (χ4n) is 2.72. The van der Waals surface area contributed by atoms with E-state index in [2.05, 4.69) is 12.6 Å². The third-order valence-electron chi connectivity index (χ3n) is 4.13. The number of carbonyl (C=O) groups excluding carboxylic acids is 2. The van der Waals surface area contributed by atoms with Crippen molar-refractivity contribution in [3.05, 3.63) is 42.0 Å². The molecule has 2 rings (SSSR count). The Morgan fingerprint density at radius 3 is 2.62 bits per heavy atom. The van der Waals surface area contributed by atoms with Crippen LogP contribution in [0.1, 0.15) is 31.4 Å². The van der Waals surface area contributed by atoms with Crippen LogP contribution in [-0.2, 0) is 9.59 Å². The smallest absolute Gasteiger partial charge is 0.240 e. The summed E-state index contributed by atoms with van der Waals surface area (Å²) in [5.41, 5.74) is 1.08. The summed E-state index contributed by atoms with van der Waals surface area (Å²) in [5.74, 6) is -0.795. The van der Waals surface area contributed by atoms with Crippen molar-refractivity contribution in [3.8, 4) is 6.07 Å². The van der Waals surface area contributed by atoms with Gasteiger partial charge in [-0.1, -0.05) is 19.9 Å². The molecular formula is C17H18N2O2. The SMILES string of the molecule is C=CCC1C(=O)N(c2ccc(C#N)c(C)c2)C(=O)C1(C)C. The second-order valence-electron chi connectivity index (χ2n) is 5.89. The summed E-state index contributed by atoms with van der Waals surface area (Å²) in [5, 5.41) is 8.97. The van der Waals surface area contributed by atoms with Gasteiger partial charge in [0.25, 0.3) is 0 Å². The number of hydrogen-bond donors (Lipinski definition) is 0. The molecule has 1 saturated heterocycles. The zero-order chi connectivity index (χ0) is 15.8. The summed E-state index contributed by atoms with van der Waals surface area (Å²) in [7, 11) is 0. The average molecular weight is 282 g/mol. The number of imide groups is 1. The van der Waals surface area contributed by atoms with Crippen LogP contribution in [0.4, 0.5) is 5.69 Å².